The van der Waals surface area contributed by atoms with E-state index in [0.29, 0.717) is 11.8 Å². The van der Waals surface area contributed by atoms with Gasteiger partial charge in [0.25, 0.3) is 0 Å². The second kappa shape index (κ2) is 6.26. The molecule has 0 aromatic carbocycles. The molecule has 4 rings (SSSR count). The molecule has 0 bridgehead atoms. The molecule has 1 aliphatic rings. The highest BCUT2D eigenvalue weighted by Crippen LogP contribution is 2.29. The molecule has 6 nitrogen and oxygen atoms in total. The maximum atomic E-state index is 5.85. The van der Waals surface area contributed by atoms with E-state index in [0.717, 1.165) is 37.3 Å². The summed E-state index contributed by atoms with van der Waals surface area (Å²) in [6, 6.07) is 9.80. The van der Waals surface area contributed by atoms with E-state index < -0.39 is 0 Å². The summed E-state index contributed by atoms with van der Waals surface area (Å²) < 4.78 is 5.85. The molecule has 3 aromatic rings. The van der Waals surface area contributed by atoms with Gasteiger partial charge in [-0.25, -0.2) is 0 Å². The molecule has 1 saturated heterocycles. The van der Waals surface area contributed by atoms with Crippen LogP contribution in [0.4, 0.5) is 0 Å². The predicted molar refractivity (Wildman–Crippen MR) is 84.4 cm³/mol. The number of likely N-dealkylation sites (tertiary alicyclic amines) is 1. The maximum Gasteiger partial charge on any atom is 0.249 e. The first-order chi connectivity index (χ1) is 11.4. The van der Waals surface area contributed by atoms with Crippen LogP contribution in [0.5, 0.6) is 0 Å². The highest BCUT2D eigenvalue weighted by molar-refractivity contribution is 5.50. The number of aromatic nitrogens is 4. The zero-order valence-electron chi connectivity index (χ0n) is 12.7. The number of nitrogens with zero attached hydrogens (tertiary/aromatic N) is 5. The Morgan fingerprint density at radius 1 is 1.13 bits per heavy atom. The zero-order chi connectivity index (χ0) is 15.5. The fraction of sp³-hybridized carbons (Fsp3) is 0.294. The van der Waals surface area contributed by atoms with Crippen LogP contribution in [0, 0.1) is 0 Å². The van der Waals surface area contributed by atoms with Crippen molar-refractivity contribution < 1.29 is 4.42 Å². The van der Waals surface area contributed by atoms with Crippen LogP contribution in [0.25, 0.3) is 11.5 Å². The van der Waals surface area contributed by atoms with Gasteiger partial charge in [-0.05, 0) is 37.2 Å². The Morgan fingerprint density at radius 3 is 2.96 bits per heavy atom. The second-order valence-corrected chi connectivity index (χ2v) is 5.73. The van der Waals surface area contributed by atoms with Crippen LogP contribution in [0.15, 0.2) is 53.3 Å². The van der Waals surface area contributed by atoms with Crippen LogP contribution in [0.2, 0.25) is 0 Å². The minimum atomic E-state index is 0.289. The fourth-order valence-electron chi connectivity index (χ4n) is 2.90. The topological polar surface area (TPSA) is 67.9 Å². The summed E-state index contributed by atoms with van der Waals surface area (Å²) in [6.45, 7) is 2.80. The van der Waals surface area contributed by atoms with Gasteiger partial charge < -0.3 is 4.42 Å². The van der Waals surface area contributed by atoms with Crippen molar-refractivity contribution >= 4 is 0 Å². The van der Waals surface area contributed by atoms with Crippen molar-refractivity contribution in [2.75, 3.05) is 13.1 Å². The molecule has 0 aliphatic carbocycles. The van der Waals surface area contributed by atoms with Crippen molar-refractivity contribution in [1.82, 2.24) is 25.1 Å². The number of pyridine rings is 2. The molecule has 0 N–H and O–H groups in total. The smallest absolute Gasteiger partial charge is 0.249 e. The van der Waals surface area contributed by atoms with Crippen LogP contribution in [0.3, 0.4) is 0 Å². The van der Waals surface area contributed by atoms with Gasteiger partial charge in [-0.2, -0.15) is 0 Å². The summed E-state index contributed by atoms with van der Waals surface area (Å²) in [4.78, 5) is 10.8. The molecule has 1 fully saturated rings. The van der Waals surface area contributed by atoms with Gasteiger partial charge in [0.15, 0.2) is 0 Å². The molecule has 3 aromatic heterocycles. The first-order valence-corrected chi connectivity index (χ1v) is 7.74. The summed E-state index contributed by atoms with van der Waals surface area (Å²) in [5, 5.41) is 8.38. The predicted octanol–water partition coefficient (Wildman–Crippen LogP) is 2.52. The molecule has 0 saturated carbocycles. The zero-order valence-corrected chi connectivity index (χ0v) is 12.7. The third kappa shape index (κ3) is 3.12. The Morgan fingerprint density at radius 2 is 2.13 bits per heavy atom. The minimum Gasteiger partial charge on any atom is -0.420 e. The number of hydrogen-bond acceptors (Lipinski definition) is 6. The quantitative estimate of drug-likeness (QED) is 0.738. The summed E-state index contributed by atoms with van der Waals surface area (Å²) >= 11 is 0. The minimum absolute atomic E-state index is 0.289. The average molecular weight is 307 g/mol. The van der Waals surface area contributed by atoms with Crippen molar-refractivity contribution in [3.05, 3.63) is 60.5 Å². The Balaban J connectivity index is 1.43. The van der Waals surface area contributed by atoms with Crippen LogP contribution >= 0.6 is 0 Å². The molecular weight excluding hydrogens is 290 g/mol. The van der Waals surface area contributed by atoms with E-state index in [1.165, 1.54) is 0 Å². The Labute approximate surface area is 134 Å². The Kier molecular flexibility index (Phi) is 3.81. The van der Waals surface area contributed by atoms with Gasteiger partial charge in [0, 0.05) is 31.7 Å². The van der Waals surface area contributed by atoms with Gasteiger partial charge in [-0.3, -0.25) is 14.9 Å². The van der Waals surface area contributed by atoms with Crippen LogP contribution in [0.1, 0.15) is 23.9 Å². The summed E-state index contributed by atoms with van der Waals surface area (Å²) in [5.74, 6) is 1.54. The largest absolute Gasteiger partial charge is 0.420 e. The molecule has 116 valence electrons. The highest BCUT2D eigenvalue weighted by Gasteiger charge is 2.28. The average Bonchev–Trinajstić information content (AvgIpc) is 3.26. The van der Waals surface area contributed by atoms with Gasteiger partial charge in [0.2, 0.25) is 11.8 Å². The van der Waals surface area contributed by atoms with Crippen LogP contribution in [-0.4, -0.2) is 38.2 Å². The second-order valence-electron chi connectivity index (χ2n) is 5.73. The Bertz CT molecular complexity index is 759. The first-order valence-electron chi connectivity index (χ1n) is 7.74. The molecule has 1 atom stereocenters. The summed E-state index contributed by atoms with van der Waals surface area (Å²) in [7, 11) is 0. The van der Waals surface area contributed by atoms with Crippen molar-refractivity contribution in [2.24, 2.45) is 0 Å². The maximum absolute atomic E-state index is 5.85. The molecule has 6 heteroatoms. The van der Waals surface area contributed by atoms with Gasteiger partial charge >= 0.3 is 0 Å². The van der Waals surface area contributed by atoms with E-state index in [1.54, 1.807) is 12.4 Å². The highest BCUT2D eigenvalue weighted by atomic mass is 16.4. The van der Waals surface area contributed by atoms with Crippen molar-refractivity contribution in [2.45, 2.75) is 18.9 Å². The molecule has 23 heavy (non-hydrogen) atoms. The van der Waals surface area contributed by atoms with E-state index in [2.05, 4.69) is 31.1 Å². The lowest BCUT2D eigenvalue weighted by Crippen LogP contribution is -2.20. The van der Waals surface area contributed by atoms with Crippen molar-refractivity contribution in [1.29, 1.82) is 0 Å². The SMILES string of the molecule is c1ccc(CN2CC[C@H](c3nnc(-c4cccnc4)o3)C2)nc1. The molecule has 1 aliphatic heterocycles. The number of hydrogen-bond donors (Lipinski definition) is 0. The van der Waals surface area contributed by atoms with Crippen LogP contribution in [-0.2, 0) is 6.54 Å². The molecule has 0 amide bonds. The summed E-state index contributed by atoms with van der Waals surface area (Å²) in [5.41, 5.74) is 1.95. The van der Waals surface area contributed by atoms with E-state index in [4.69, 9.17) is 4.42 Å². The lowest BCUT2D eigenvalue weighted by Gasteiger charge is -2.14. The summed E-state index contributed by atoms with van der Waals surface area (Å²) in [6.07, 6.45) is 6.33. The molecule has 0 radical (unpaired) electrons. The third-order valence-electron chi connectivity index (χ3n) is 4.08. The molecule has 4 heterocycles. The van der Waals surface area contributed by atoms with Crippen molar-refractivity contribution in [3.8, 4) is 11.5 Å². The van der Waals surface area contributed by atoms with Gasteiger partial charge in [0.05, 0.1) is 17.2 Å². The van der Waals surface area contributed by atoms with E-state index >= 15 is 0 Å². The first kappa shape index (κ1) is 14.0. The molecule has 0 unspecified atom stereocenters. The van der Waals surface area contributed by atoms with Gasteiger partial charge in [-0.1, -0.05) is 6.07 Å². The standard InChI is InChI=1S/C17H17N5O/c1-2-8-19-15(5-1)12-22-9-6-14(11-22)17-21-20-16(23-17)13-4-3-7-18-10-13/h1-5,7-8,10,14H,6,9,11-12H2/t14-/m0/s1. The van der Waals surface area contributed by atoms with Crippen molar-refractivity contribution in [3.63, 3.8) is 0 Å². The normalized spacial score (nSPS) is 18.3. The third-order valence-corrected chi connectivity index (χ3v) is 4.08. The van der Waals surface area contributed by atoms with E-state index in [-0.39, 0.29) is 5.92 Å². The fourth-order valence-corrected chi connectivity index (χ4v) is 2.90. The lowest BCUT2D eigenvalue weighted by molar-refractivity contribution is 0.316. The van der Waals surface area contributed by atoms with Gasteiger partial charge in [0.1, 0.15) is 0 Å². The Hall–Kier alpha value is -2.60. The molecule has 0 spiro atoms. The van der Waals surface area contributed by atoms with E-state index in [9.17, 15) is 0 Å². The number of rotatable bonds is 4. The van der Waals surface area contributed by atoms with Crippen LogP contribution < -0.4 is 0 Å². The van der Waals surface area contributed by atoms with Gasteiger partial charge in [-0.15, -0.1) is 10.2 Å². The molecular formula is C17H17N5O. The monoisotopic (exact) mass is 307 g/mol. The van der Waals surface area contributed by atoms with E-state index in [1.807, 2.05) is 30.5 Å². The lowest BCUT2D eigenvalue weighted by atomic mass is 10.1.